The molecular weight excluding hydrogens is 300 g/mol. The molecule has 1 heterocycles. The molecular formula is C19H22N4O. The molecule has 5 heteroatoms. The first-order valence-electron chi connectivity index (χ1n) is 8.80. The highest BCUT2D eigenvalue weighted by atomic mass is 16.2. The quantitative estimate of drug-likeness (QED) is 0.885. The van der Waals surface area contributed by atoms with Gasteiger partial charge in [-0.25, -0.2) is 9.97 Å². The minimum Gasteiger partial charge on any atom is -0.367 e. The van der Waals surface area contributed by atoms with Crippen LogP contribution in [0.4, 0.5) is 5.82 Å². The average Bonchev–Trinajstić information content (AvgIpc) is 3.28. The van der Waals surface area contributed by atoms with Crippen molar-refractivity contribution in [1.29, 1.82) is 0 Å². The summed E-state index contributed by atoms with van der Waals surface area (Å²) in [7, 11) is 0. The Morgan fingerprint density at radius 2 is 1.71 bits per heavy atom. The Labute approximate surface area is 141 Å². The summed E-state index contributed by atoms with van der Waals surface area (Å²) in [5.74, 6) is 1.24. The molecule has 2 aliphatic carbocycles. The summed E-state index contributed by atoms with van der Waals surface area (Å²) in [4.78, 5) is 21.6. The minimum atomic E-state index is -0.105. The summed E-state index contributed by atoms with van der Waals surface area (Å²) in [5.41, 5.74) is 1.37. The molecule has 4 rings (SSSR count). The number of hydrogen-bond acceptors (Lipinski definition) is 4. The molecule has 2 aliphatic rings. The van der Waals surface area contributed by atoms with E-state index in [9.17, 15) is 4.79 Å². The molecule has 2 saturated carbocycles. The number of nitrogens with one attached hydrogen (secondary N) is 2. The fraction of sp³-hybridized carbons (Fsp3) is 0.421. The van der Waals surface area contributed by atoms with Crippen LogP contribution in [0.15, 0.2) is 36.4 Å². The van der Waals surface area contributed by atoms with Crippen molar-refractivity contribution < 1.29 is 4.79 Å². The van der Waals surface area contributed by atoms with Gasteiger partial charge in [-0.05, 0) is 25.7 Å². The van der Waals surface area contributed by atoms with Crippen LogP contribution in [-0.2, 0) is 0 Å². The van der Waals surface area contributed by atoms with Gasteiger partial charge in [0.2, 0.25) is 0 Å². The van der Waals surface area contributed by atoms with Crippen molar-refractivity contribution in [3.8, 4) is 11.4 Å². The Balaban J connectivity index is 1.65. The zero-order valence-corrected chi connectivity index (χ0v) is 13.7. The van der Waals surface area contributed by atoms with Gasteiger partial charge >= 0.3 is 0 Å². The van der Waals surface area contributed by atoms with Gasteiger partial charge in [-0.2, -0.15) is 0 Å². The number of aromatic nitrogens is 2. The predicted molar refractivity (Wildman–Crippen MR) is 93.8 cm³/mol. The summed E-state index contributed by atoms with van der Waals surface area (Å²) in [6.07, 6.45) is 6.96. The van der Waals surface area contributed by atoms with Crippen LogP contribution in [-0.4, -0.2) is 28.0 Å². The number of carbonyl (C=O) groups is 1. The van der Waals surface area contributed by atoms with Gasteiger partial charge in [-0.15, -0.1) is 0 Å². The first-order chi connectivity index (χ1) is 11.8. The molecule has 0 spiro atoms. The number of carbonyl (C=O) groups excluding carboxylic acids is 1. The third-order valence-corrected chi connectivity index (χ3v) is 4.61. The molecule has 0 saturated heterocycles. The Morgan fingerprint density at radius 1 is 0.958 bits per heavy atom. The first kappa shape index (κ1) is 15.1. The molecule has 24 heavy (non-hydrogen) atoms. The molecule has 1 amide bonds. The van der Waals surface area contributed by atoms with E-state index in [4.69, 9.17) is 0 Å². The number of rotatable bonds is 5. The predicted octanol–water partition coefficient (Wildman–Crippen LogP) is 3.39. The van der Waals surface area contributed by atoms with Crippen LogP contribution < -0.4 is 10.6 Å². The number of hydrogen-bond donors (Lipinski definition) is 2. The van der Waals surface area contributed by atoms with Crippen molar-refractivity contribution in [2.45, 2.75) is 50.6 Å². The number of amides is 1. The highest BCUT2D eigenvalue weighted by Crippen LogP contribution is 2.24. The normalized spacial score (nSPS) is 17.7. The lowest BCUT2D eigenvalue weighted by molar-refractivity contribution is 0.0946. The third kappa shape index (κ3) is 3.55. The van der Waals surface area contributed by atoms with E-state index in [0.717, 1.165) is 37.1 Å². The van der Waals surface area contributed by atoms with Gasteiger partial charge < -0.3 is 10.6 Å². The van der Waals surface area contributed by atoms with Crippen LogP contribution in [0.3, 0.4) is 0 Å². The molecule has 0 aliphatic heterocycles. The summed E-state index contributed by atoms with van der Waals surface area (Å²) in [6, 6.07) is 12.4. The van der Waals surface area contributed by atoms with Gasteiger partial charge in [0.05, 0.1) is 0 Å². The van der Waals surface area contributed by atoms with E-state index >= 15 is 0 Å². The molecule has 1 aromatic carbocycles. The monoisotopic (exact) mass is 322 g/mol. The molecule has 5 nitrogen and oxygen atoms in total. The van der Waals surface area contributed by atoms with Gasteiger partial charge in [0.1, 0.15) is 11.5 Å². The lowest BCUT2D eigenvalue weighted by Crippen LogP contribution is -2.27. The zero-order valence-electron chi connectivity index (χ0n) is 13.7. The molecule has 124 valence electrons. The van der Waals surface area contributed by atoms with Gasteiger partial charge in [0, 0.05) is 23.7 Å². The maximum atomic E-state index is 12.4. The minimum absolute atomic E-state index is 0.105. The molecule has 2 N–H and O–H groups in total. The summed E-state index contributed by atoms with van der Waals surface area (Å²) < 4.78 is 0. The lowest BCUT2D eigenvalue weighted by atomic mass is 10.2. The maximum absolute atomic E-state index is 12.4. The summed E-state index contributed by atoms with van der Waals surface area (Å²) in [6.45, 7) is 0. The van der Waals surface area contributed by atoms with Gasteiger partial charge in [0.25, 0.3) is 5.91 Å². The third-order valence-electron chi connectivity index (χ3n) is 4.61. The topological polar surface area (TPSA) is 66.9 Å². The van der Waals surface area contributed by atoms with Crippen LogP contribution in [0.25, 0.3) is 11.4 Å². The molecule has 1 aromatic heterocycles. The van der Waals surface area contributed by atoms with E-state index in [1.807, 2.05) is 30.3 Å². The standard InChI is InChI=1S/C19H22N4O/c24-19(21-15-10-11-15)16-12-17(20-14-8-4-5-9-14)23-18(22-16)13-6-2-1-3-7-13/h1-3,6-7,12,14-15H,4-5,8-11H2,(H,21,24)(H,20,22,23). The van der Waals surface area contributed by atoms with Crippen LogP contribution in [0.1, 0.15) is 49.0 Å². The zero-order chi connectivity index (χ0) is 16.4. The van der Waals surface area contributed by atoms with Gasteiger partial charge in [-0.3, -0.25) is 4.79 Å². The molecule has 0 bridgehead atoms. The highest BCUT2D eigenvalue weighted by molar-refractivity contribution is 5.93. The smallest absolute Gasteiger partial charge is 0.270 e. The number of nitrogens with zero attached hydrogens (tertiary/aromatic N) is 2. The molecule has 0 unspecified atom stereocenters. The van der Waals surface area contributed by atoms with Crippen molar-refractivity contribution in [3.05, 3.63) is 42.1 Å². The van der Waals surface area contributed by atoms with E-state index in [1.165, 1.54) is 12.8 Å². The largest absolute Gasteiger partial charge is 0.367 e. The van der Waals surface area contributed by atoms with Crippen LogP contribution in [0, 0.1) is 0 Å². The number of anilines is 1. The Kier molecular flexibility index (Phi) is 4.15. The fourth-order valence-corrected chi connectivity index (χ4v) is 3.12. The second kappa shape index (κ2) is 6.59. The SMILES string of the molecule is O=C(NC1CC1)c1cc(NC2CCCC2)nc(-c2ccccc2)n1. The van der Waals surface area contributed by atoms with E-state index in [0.29, 0.717) is 23.6 Å². The lowest BCUT2D eigenvalue weighted by Gasteiger charge is -2.14. The highest BCUT2D eigenvalue weighted by Gasteiger charge is 2.25. The Morgan fingerprint density at radius 3 is 2.42 bits per heavy atom. The summed E-state index contributed by atoms with van der Waals surface area (Å²) >= 11 is 0. The van der Waals surface area contributed by atoms with E-state index in [2.05, 4.69) is 20.6 Å². The van der Waals surface area contributed by atoms with Crippen molar-refractivity contribution >= 4 is 11.7 Å². The Hall–Kier alpha value is -2.43. The van der Waals surface area contributed by atoms with Crippen LogP contribution >= 0.6 is 0 Å². The second-order valence-corrected chi connectivity index (χ2v) is 6.70. The van der Waals surface area contributed by atoms with Crippen molar-refractivity contribution in [2.24, 2.45) is 0 Å². The summed E-state index contributed by atoms with van der Waals surface area (Å²) in [5, 5.41) is 6.50. The van der Waals surface area contributed by atoms with E-state index < -0.39 is 0 Å². The fourth-order valence-electron chi connectivity index (χ4n) is 3.12. The Bertz CT molecular complexity index is 721. The van der Waals surface area contributed by atoms with Crippen LogP contribution in [0.2, 0.25) is 0 Å². The molecule has 0 atom stereocenters. The van der Waals surface area contributed by atoms with E-state index in [-0.39, 0.29) is 5.91 Å². The maximum Gasteiger partial charge on any atom is 0.270 e. The van der Waals surface area contributed by atoms with Crippen LogP contribution in [0.5, 0.6) is 0 Å². The second-order valence-electron chi connectivity index (χ2n) is 6.70. The first-order valence-corrected chi connectivity index (χ1v) is 8.80. The van der Waals surface area contributed by atoms with Gasteiger partial charge in [0.15, 0.2) is 5.82 Å². The van der Waals surface area contributed by atoms with Crippen molar-refractivity contribution in [1.82, 2.24) is 15.3 Å². The van der Waals surface area contributed by atoms with Crippen molar-refractivity contribution in [3.63, 3.8) is 0 Å². The van der Waals surface area contributed by atoms with Gasteiger partial charge in [-0.1, -0.05) is 43.2 Å². The molecule has 2 aromatic rings. The average molecular weight is 322 g/mol. The number of benzene rings is 1. The van der Waals surface area contributed by atoms with E-state index in [1.54, 1.807) is 6.07 Å². The molecule has 2 fully saturated rings. The van der Waals surface area contributed by atoms with Crippen molar-refractivity contribution in [2.75, 3.05) is 5.32 Å². The molecule has 0 radical (unpaired) electrons.